The smallest absolute Gasteiger partial charge is 0.166 e. The molecule has 0 bridgehead atoms. The lowest BCUT2D eigenvalue weighted by atomic mass is 10.0. The highest BCUT2D eigenvalue weighted by atomic mass is 16.1. The molecule has 0 unspecified atom stereocenters. The van der Waals surface area contributed by atoms with Crippen molar-refractivity contribution >= 4 is 5.78 Å². The highest BCUT2D eigenvalue weighted by Crippen LogP contribution is 2.59. The molecule has 0 N–H and O–H groups in total. The van der Waals surface area contributed by atoms with Gasteiger partial charge in [0.2, 0.25) is 0 Å². The molecular weight excluding hydrogens is 184 g/mol. The minimum absolute atomic E-state index is 0.333. The topological polar surface area (TPSA) is 17.1 Å². The number of ketones is 1. The van der Waals surface area contributed by atoms with Gasteiger partial charge in [-0.05, 0) is 30.6 Å². The molecule has 3 atom stereocenters. The summed E-state index contributed by atoms with van der Waals surface area (Å²) in [6.45, 7) is 2.23. The molecule has 1 aromatic rings. The molecule has 3 rings (SSSR count). The molecule has 0 radical (unpaired) electrons. The van der Waals surface area contributed by atoms with E-state index >= 15 is 0 Å². The van der Waals surface area contributed by atoms with Gasteiger partial charge in [-0.1, -0.05) is 37.3 Å². The lowest BCUT2D eigenvalue weighted by Gasteiger charge is -1.98. The minimum Gasteiger partial charge on any atom is -0.294 e. The van der Waals surface area contributed by atoms with E-state index < -0.39 is 0 Å². The highest BCUT2D eigenvalue weighted by molar-refractivity contribution is 6.00. The molecule has 2 aliphatic rings. The van der Waals surface area contributed by atoms with Crippen molar-refractivity contribution in [2.24, 2.45) is 23.7 Å². The van der Waals surface area contributed by atoms with Crippen LogP contribution in [0.25, 0.3) is 0 Å². The van der Waals surface area contributed by atoms with E-state index in [4.69, 9.17) is 0 Å². The largest absolute Gasteiger partial charge is 0.294 e. The first-order valence-electron chi connectivity index (χ1n) is 5.88. The molecule has 78 valence electrons. The van der Waals surface area contributed by atoms with E-state index in [0.717, 1.165) is 11.5 Å². The van der Waals surface area contributed by atoms with Gasteiger partial charge in [0.1, 0.15) is 0 Å². The number of carbonyl (C=O) groups excluding carboxylic acids is 1. The Morgan fingerprint density at radius 1 is 1.20 bits per heavy atom. The summed E-state index contributed by atoms with van der Waals surface area (Å²) < 4.78 is 0. The summed E-state index contributed by atoms with van der Waals surface area (Å²) >= 11 is 0. The predicted octanol–water partition coefficient (Wildman–Crippen LogP) is 3.16. The van der Waals surface area contributed by atoms with Crippen LogP contribution >= 0.6 is 0 Å². The van der Waals surface area contributed by atoms with Crippen molar-refractivity contribution < 1.29 is 4.79 Å². The second kappa shape index (κ2) is 3.19. The lowest BCUT2D eigenvalue weighted by Crippen LogP contribution is -2.04. The fourth-order valence-corrected chi connectivity index (χ4v) is 2.91. The Hall–Kier alpha value is -1.11. The number of rotatable bonds is 3. The summed E-state index contributed by atoms with van der Waals surface area (Å²) in [6, 6.07) is 9.75. The van der Waals surface area contributed by atoms with E-state index in [1.165, 1.54) is 12.8 Å². The van der Waals surface area contributed by atoms with Crippen LogP contribution in [0.4, 0.5) is 0 Å². The minimum atomic E-state index is 0.333. The Morgan fingerprint density at radius 2 is 1.87 bits per heavy atom. The summed E-state index contributed by atoms with van der Waals surface area (Å²) in [7, 11) is 0. The molecule has 0 aliphatic heterocycles. The van der Waals surface area contributed by atoms with E-state index in [1.807, 2.05) is 30.3 Å². The Kier molecular flexibility index (Phi) is 1.95. The van der Waals surface area contributed by atoms with Gasteiger partial charge in [0.05, 0.1) is 0 Å². The molecule has 0 saturated heterocycles. The number of hydrogen-bond acceptors (Lipinski definition) is 1. The Balaban J connectivity index is 1.76. The van der Waals surface area contributed by atoms with E-state index in [0.29, 0.717) is 23.5 Å². The molecule has 1 nitrogen and oxygen atoms in total. The maximum atomic E-state index is 12.2. The number of hydrogen-bond donors (Lipinski definition) is 0. The quantitative estimate of drug-likeness (QED) is 0.685. The average molecular weight is 200 g/mol. The molecule has 0 aromatic heterocycles. The van der Waals surface area contributed by atoms with Crippen LogP contribution in [0.15, 0.2) is 30.3 Å². The molecule has 2 saturated carbocycles. The summed E-state index contributed by atoms with van der Waals surface area (Å²) in [5.41, 5.74) is 0.900. The molecule has 0 amide bonds. The third-order valence-electron chi connectivity index (χ3n) is 3.97. The van der Waals surface area contributed by atoms with Gasteiger partial charge in [-0.25, -0.2) is 0 Å². The standard InChI is InChI=1S/C14H16O/c1-9-12(10-7-8-10)13(9)14(15)11-5-3-2-4-6-11/h2-6,9-10,12-13H,7-8H2,1H3/t9-,12-,13+/m1/s1. The normalized spacial score (nSPS) is 33.8. The Labute approximate surface area is 90.5 Å². The van der Waals surface area contributed by atoms with Gasteiger partial charge in [-0.15, -0.1) is 0 Å². The Bertz CT molecular complexity index is 378. The summed E-state index contributed by atoms with van der Waals surface area (Å²) in [5.74, 6) is 2.92. The zero-order chi connectivity index (χ0) is 10.4. The van der Waals surface area contributed by atoms with Crippen LogP contribution in [0.5, 0.6) is 0 Å². The predicted molar refractivity (Wildman–Crippen MR) is 59.6 cm³/mol. The number of Topliss-reactive ketones (excluding diaryl/α,β-unsaturated/α-hetero) is 1. The van der Waals surface area contributed by atoms with Crippen LogP contribution < -0.4 is 0 Å². The second-order valence-electron chi connectivity index (χ2n) is 5.03. The molecule has 2 aliphatic carbocycles. The first-order chi connectivity index (χ1) is 7.29. The van der Waals surface area contributed by atoms with Crippen molar-refractivity contribution in [3.05, 3.63) is 35.9 Å². The van der Waals surface area contributed by atoms with Crippen molar-refractivity contribution in [3.63, 3.8) is 0 Å². The van der Waals surface area contributed by atoms with Gasteiger partial charge in [0.25, 0.3) is 0 Å². The van der Waals surface area contributed by atoms with Gasteiger partial charge in [0.15, 0.2) is 5.78 Å². The molecular formula is C14H16O. The van der Waals surface area contributed by atoms with Gasteiger partial charge in [-0.2, -0.15) is 0 Å². The number of carbonyl (C=O) groups is 1. The maximum Gasteiger partial charge on any atom is 0.166 e. The van der Waals surface area contributed by atoms with Gasteiger partial charge >= 0.3 is 0 Å². The third kappa shape index (κ3) is 1.50. The monoisotopic (exact) mass is 200 g/mol. The van der Waals surface area contributed by atoms with Crippen LogP contribution in [-0.4, -0.2) is 5.78 Å². The van der Waals surface area contributed by atoms with E-state index in [1.54, 1.807) is 0 Å². The van der Waals surface area contributed by atoms with Crippen molar-refractivity contribution in [2.45, 2.75) is 19.8 Å². The van der Waals surface area contributed by atoms with E-state index in [-0.39, 0.29) is 0 Å². The second-order valence-corrected chi connectivity index (χ2v) is 5.03. The molecule has 0 spiro atoms. The zero-order valence-electron chi connectivity index (χ0n) is 9.02. The molecule has 1 heteroatoms. The molecule has 15 heavy (non-hydrogen) atoms. The maximum absolute atomic E-state index is 12.2. The Morgan fingerprint density at radius 3 is 2.47 bits per heavy atom. The van der Waals surface area contributed by atoms with Crippen molar-refractivity contribution in [3.8, 4) is 0 Å². The fraction of sp³-hybridized carbons (Fsp3) is 0.500. The molecule has 1 aromatic carbocycles. The highest BCUT2D eigenvalue weighted by Gasteiger charge is 2.57. The fourth-order valence-electron chi connectivity index (χ4n) is 2.91. The first-order valence-corrected chi connectivity index (χ1v) is 5.88. The van der Waals surface area contributed by atoms with Crippen LogP contribution in [-0.2, 0) is 0 Å². The van der Waals surface area contributed by atoms with Gasteiger partial charge in [-0.3, -0.25) is 4.79 Å². The zero-order valence-corrected chi connectivity index (χ0v) is 9.02. The lowest BCUT2D eigenvalue weighted by molar-refractivity contribution is 0.0955. The van der Waals surface area contributed by atoms with Gasteiger partial charge in [0, 0.05) is 11.5 Å². The van der Waals surface area contributed by atoms with Crippen molar-refractivity contribution in [1.82, 2.24) is 0 Å². The SMILES string of the molecule is C[C@H]1[C@H](C(=O)c2ccccc2)[C@H]1C1CC1. The van der Waals surface area contributed by atoms with Crippen molar-refractivity contribution in [1.29, 1.82) is 0 Å². The van der Waals surface area contributed by atoms with Crippen LogP contribution in [0.1, 0.15) is 30.1 Å². The van der Waals surface area contributed by atoms with Crippen LogP contribution in [0, 0.1) is 23.7 Å². The average Bonchev–Trinajstić information content (AvgIpc) is 3.13. The molecule has 2 fully saturated rings. The van der Waals surface area contributed by atoms with Crippen LogP contribution in [0.2, 0.25) is 0 Å². The van der Waals surface area contributed by atoms with Crippen LogP contribution in [0.3, 0.4) is 0 Å². The van der Waals surface area contributed by atoms with Crippen molar-refractivity contribution in [2.75, 3.05) is 0 Å². The van der Waals surface area contributed by atoms with E-state index in [2.05, 4.69) is 6.92 Å². The number of benzene rings is 1. The first kappa shape index (κ1) is 9.14. The third-order valence-corrected chi connectivity index (χ3v) is 3.97. The summed E-state index contributed by atoms with van der Waals surface area (Å²) in [5, 5.41) is 0. The van der Waals surface area contributed by atoms with Gasteiger partial charge < -0.3 is 0 Å². The summed E-state index contributed by atoms with van der Waals surface area (Å²) in [6.07, 6.45) is 2.71. The molecule has 0 heterocycles. The van der Waals surface area contributed by atoms with E-state index in [9.17, 15) is 4.79 Å². The summed E-state index contributed by atoms with van der Waals surface area (Å²) in [4.78, 5) is 12.2.